The summed E-state index contributed by atoms with van der Waals surface area (Å²) in [7, 11) is 0. The van der Waals surface area contributed by atoms with Gasteiger partial charge >= 0.3 is 0 Å². The van der Waals surface area contributed by atoms with E-state index in [-0.39, 0.29) is 12.7 Å². The van der Waals surface area contributed by atoms with Crippen molar-refractivity contribution in [2.45, 2.75) is 25.6 Å². The standard InChI is InChI=1S/C16H20N2O2/c1-12-11-20-14(10-19)9-18(12)8-13-6-7-17-16-5-3-2-4-15(13)16/h2-7,12,14,19H,8-11H2,1H3. The van der Waals surface area contributed by atoms with Gasteiger partial charge in [0.15, 0.2) is 0 Å². The molecule has 0 bridgehead atoms. The first-order valence-corrected chi connectivity index (χ1v) is 7.07. The Kier molecular flexibility index (Phi) is 3.96. The molecule has 2 unspecified atom stereocenters. The lowest BCUT2D eigenvalue weighted by molar-refractivity contribution is -0.0804. The number of aromatic nitrogens is 1. The van der Waals surface area contributed by atoms with Crippen LogP contribution < -0.4 is 0 Å². The summed E-state index contributed by atoms with van der Waals surface area (Å²) in [4.78, 5) is 6.77. The van der Waals surface area contributed by atoms with Crippen molar-refractivity contribution in [1.29, 1.82) is 0 Å². The molecule has 1 aliphatic heterocycles. The van der Waals surface area contributed by atoms with Crippen LogP contribution in [0.5, 0.6) is 0 Å². The SMILES string of the molecule is CC1COC(CO)CN1Cc1ccnc2ccccc12. The van der Waals surface area contributed by atoms with Crippen LogP contribution >= 0.6 is 0 Å². The maximum Gasteiger partial charge on any atom is 0.0933 e. The first-order valence-electron chi connectivity index (χ1n) is 7.07. The lowest BCUT2D eigenvalue weighted by Gasteiger charge is -2.37. The summed E-state index contributed by atoms with van der Waals surface area (Å²) in [5.74, 6) is 0. The highest BCUT2D eigenvalue weighted by atomic mass is 16.5. The third-order valence-corrected chi connectivity index (χ3v) is 3.95. The van der Waals surface area contributed by atoms with E-state index < -0.39 is 0 Å². The highest BCUT2D eigenvalue weighted by molar-refractivity contribution is 5.81. The lowest BCUT2D eigenvalue weighted by atomic mass is 10.1. The summed E-state index contributed by atoms with van der Waals surface area (Å²) in [5.41, 5.74) is 2.31. The first-order chi connectivity index (χ1) is 9.78. The monoisotopic (exact) mass is 272 g/mol. The Balaban J connectivity index is 1.85. The van der Waals surface area contributed by atoms with E-state index in [4.69, 9.17) is 4.74 Å². The Labute approximate surface area is 119 Å². The molecular weight excluding hydrogens is 252 g/mol. The number of morpholine rings is 1. The van der Waals surface area contributed by atoms with Crippen molar-refractivity contribution in [3.05, 3.63) is 42.1 Å². The summed E-state index contributed by atoms with van der Waals surface area (Å²) in [5, 5.41) is 10.5. The molecule has 106 valence electrons. The molecule has 1 aromatic carbocycles. The Morgan fingerprint density at radius 1 is 1.35 bits per heavy atom. The van der Waals surface area contributed by atoms with Crippen molar-refractivity contribution in [3.8, 4) is 0 Å². The van der Waals surface area contributed by atoms with E-state index in [9.17, 15) is 5.11 Å². The molecule has 20 heavy (non-hydrogen) atoms. The number of benzene rings is 1. The van der Waals surface area contributed by atoms with Gasteiger partial charge in [0.25, 0.3) is 0 Å². The maximum absolute atomic E-state index is 9.27. The molecule has 2 atom stereocenters. The molecular formula is C16H20N2O2. The molecule has 4 heteroatoms. The van der Waals surface area contributed by atoms with Gasteiger partial charge in [0.2, 0.25) is 0 Å². The average molecular weight is 272 g/mol. The van der Waals surface area contributed by atoms with E-state index in [0.717, 1.165) is 18.6 Å². The largest absolute Gasteiger partial charge is 0.394 e. The van der Waals surface area contributed by atoms with Crippen LogP contribution in [0, 0.1) is 0 Å². The second-order valence-electron chi connectivity index (χ2n) is 5.40. The molecule has 1 aromatic heterocycles. The van der Waals surface area contributed by atoms with Gasteiger partial charge < -0.3 is 9.84 Å². The number of ether oxygens (including phenoxy) is 1. The molecule has 3 rings (SSSR count). The van der Waals surface area contributed by atoms with Crippen LogP contribution in [0.1, 0.15) is 12.5 Å². The molecule has 1 N–H and O–H groups in total. The number of nitrogens with zero attached hydrogens (tertiary/aromatic N) is 2. The van der Waals surface area contributed by atoms with Crippen LogP contribution in [-0.2, 0) is 11.3 Å². The fourth-order valence-electron chi connectivity index (χ4n) is 2.72. The molecule has 1 aliphatic rings. The van der Waals surface area contributed by atoms with Gasteiger partial charge in [0, 0.05) is 30.7 Å². The molecule has 4 nitrogen and oxygen atoms in total. The van der Waals surface area contributed by atoms with Crippen molar-refractivity contribution >= 4 is 10.9 Å². The summed E-state index contributed by atoms with van der Waals surface area (Å²) >= 11 is 0. The lowest BCUT2D eigenvalue weighted by Crippen LogP contribution is -2.48. The minimum Gasteiger partial charge on any atom is -0.394 e. The Morgan fingerprint density at radius 2 is 2.20 bits per heavy atom. The van der Waals surface area contributed by atoms with Crippen LogP contribution in [-0.4, -0.2) is 46.9 Å². The Morgan fingerprint density at radius 3 is 3.05 bits per heavy atom. The van der Waals surface area contributed by atoms with Crippen LogP contribution in [0.2, 0.25) is 0 Å². The highest BCUT2D eigenvalue weighted by Crippen LogP contribution is 2.21. The number of aliphatic hydroxyl groups is 1. The van der Waals surface area contributed by atoms with Gasteiger partial charge in [-0.15, -0.1) is 0 Å². The van der Waals surface area contributed by atoms with E-state index in [2.05, 4.69) is 28.9 Å². The second-order valence-corrected chi connectivity index (χ2v) is 5.40. The van der Waals surface area contributed by atoms with Crippen molar-refractivity contribution < 1.29 is 9.84 Å². The number of hydrogen-bond donors (Lipinski definition) is 1. The van der Waals surface area contributed by atoms with Crippen molar-refractivity contribution in [3.63, 3.8) is 0 Å². The molecule has 2 aromatic rings. The summed E-state index contributed by atoms with van der Waals surface area (Å²) in [6, 6.07) is 10.7. The minimum atomic E-state index is -0.0701. The van der Waals surface area contributed by atoms with Crippen LogP contribution in [0.15, 0.2) is 36.5 Å². The van der Waals surface area contributed by atoms with E-state index in [1.807, 2.05) is 24.4 Å². The average Bonchev–Trinajstić information content (AvgIpc) is 2.50. The number of rotatable bonds is 3. The van der Waals surface area contributed by atoms with Crippen LogP contribution in [0.25, 0.3) is 10.9 Å². The van der Waals surface area contributed by atoms with Crippen molar-refractivity contribution in [2.75, 3.05) is 19.8 Å². The number of para-hydroxylation sites is 1. The van der Waals surface area contributed by atoms with Gasteiger partial charge in [-0.3, -0.25) is 9.88 Å². The van der Waals surface area contributed by atoms with Gasteiger partial charge in [-0.1, -0.05) is 18.2 Å². The zero-order valence-corrected chi connectivity index (χ0v) is 11.7. The molecule has 1 saturated heterocycles. The van der Waals surface area contributed by atoms with Gasteiger partial charge in [0.05, 0.1) is 24.8 Å². The molecule has 0 amide bonds. The van der Waals surface area contributed by atoms with Crippen molar-refractivity contribution in [1.82, 2.24) is 9.88 Å². The van der Waals surface area contributed by atoms with E-state index in [0.29, 0.717) is 12.6 Å². The number of pyridine rings is 1. The third kappa shape index (κ3) is 2.68. The first kappa shape index (κ1) is 13.5. The maximum atomic E-state index is 9.27. The molecule has 0 saturated carbocycles. The highest BCUT2D eigenvalue weighted by Gasteiger charge is 2.25. The zero-order chi connectivity index (χ0) is 13.9. The molecule has 0 radical (unpaired) electrons. The van der Waals surface area contributed by atoms with Crippen LogP contribution in [0.3, 0.4) is 0 Å². The second kappa shape index (κ2) is 5.87. The molecule has 2 heterocycles. The van der Waals surface area contributed by atoms with E-state index in [1.165, 1.54) is 10.9 Å². The van der Waals surface area contributed by atoms with Gasteiger partial charge in [-0.25, -0.2) is 0 Å². The van der Waals surface area contributed by atoms with Gasteiger partial charge in [0.1, 0.15) is 0 Å². The zero-order valence-electron chi connectivity index (χ0n) is 11.7. The quantitative estimate of drug-likeness (QED) is 0.925. The summed E-state index contributed by atoms with van der Waals surface area (Å²) in [6.07, 6.45) is 1.80. The van der Waals surface area contributed by atoms with E-state index in [1.54, 1.807) is 0 Å². The predicted molar refractivity (Wildman–Crippen MR) is 78.4 cm³/mol. The van der Waals surface area contributed by atoms with Crippen molar-refractivity contribution in [2.24, 2.45) is 0 Å². The Hall–Kier alpha value is -1.49. The number of fused-ring (bicyclic) bond motifs is 1. The number of hydrogen-bond acceptors (Lipinski definition) is 4. The minimum absolute atomic E-state index is 0.0701. The third-order valence-electron chi connectivity index (χ3n) is 3.95. The molecule has 0 aliphatic carbocycles. The fraction of sp³-hybridized carbons (Fsp3) is 0.438. The predicted octanol–water partition coefficient (Wildman–Crippen LogP) is 1.82. The molecule has 1 fully saturated rings. The van der Waals surface area contributed by atoms with Crippen LogP contribution in [0.4, 0.5) is 0 Å². The number of aliphatic hydroxyl groups excluding tert-OH is 1. The fourth-order valence-corrected chi connectivity index (χ4v) is 2.72. The smallest absolute Gasteiger partial charge is 0.0933 e. The summed E-state index contributed by atoms with van der Waals surface area (Å²) in [6.45, 7) is 4.56. The van der Waals surface area contributed by atoms with Gasteiger partial charge in [-0.05, 0) is 24.6 Å². The normalized spacial score (nSPS) is 24.1. The summed E-state index contributed by atoms with van der Waals surface area (Å²) < 4.78 is 5.59. The van der Waals surface area contributed by atoms with E-state index >= 15 is 0 Å². The molecule has 0 spiro atoms. The van der Waals surface area contributed by atoms with Gasteiger partial charge in [-0.2, -0.15) is 0 Å². The Bertz CT molecular complexity index is 582. The topological polar surface area (TPSA) is 45.6 Å².